The molecule has 3 N–H and O–H groups in total. The third kappa shape index (κ3) is 4.58. The Balaban J connectivity index is 1.78. The molecule has 7 nitrogen and oxygen atoms in total. The van der Waals surface area contributed by atoms with E-state index in [0.29, 0.717) is 11.6 Å². The summed E-state index contributed by atoms with van der Waals surface area (Å²) in [5.74, 6) is 0.119. The van der Waals surface area contributed by atoms with E-state index in [-0.39, 0.29) is 12.0 Å². The van der Waals surface area contributed by atoms with E-state index < -0.39 is 17.1 Å². The number of urea groups is 1. The highest BCUT2D eigenvalue weighted by Gasteiger charge is 2.46. The molecule has 1 aliphatic carbocycles. The zero-order valence-corrected chi connectivity index (χ0v) is 16.5. The van der Waals surface area contributed by atoms with Gasteiger partial charge in [-0.15, -0.1) is 0 Å². The zero-order chi connectivity index (χ0) is 19.7. The van der Waals surface area contributed by atoms with Gasteiger partial charge in [0, 0.05) is 6.08 Å². The number of ether oxygens (including phenoxy) is 1. The van der Waals surface area contributed by atoms with Crippen LogP contribution >= 0.6 is 0 Å². The highest BCUT2D eigenvalue weighted by atomic mass is 16.5. The molecule has 0 aromatic heterocycles. The Bertz CT molecular complexity index is 698. The molecule has 0 aromatic carbocycles. The van der Waals surface area contributed by atoms with Gasteiger partial charge in [0.15, 0.2) is 0 Å². The largest absolute Gasteiger partial charge is 0.475 e. The van der Waals surface area contributed by atoms with Crippen LogP contribution in [0.15, 0.2) is 28.7 Å². The first-order valence-electron chi connectivity index (χ1n) is 9.80. The highest BCUT2D eigenvalue weighted by Crippen LogP contribution is 2.27. The molecule has 1 saturated carbocycles. The van der Waals surface area contributed by atoms with Gasteiger partial charge in [0.05, 0.1) is 17.5 Å². The van der Waals surface area contributed by atoms with Crippen LogP contribution in [0.1, 0.15) is 65.7 Å². The molecule has 1 saturated heterocycles. The normalized spacial score (nSPS) is 29.4. The maximum atomic E-state index is 12.6. The van der Waals surface area contributed by atoms with Crippen LogP contribution in [0.5, 0.6) is 0 Å². The standard InChI is InChI=1S/C20H30N4O3/c1-19(2)17(25)24(18(26)23-19)14-11-20(3,21)12-16(22-13-14)27-15-9-7-5-4-6-8-10-15/h11-13,15H,4-10,21H2,1-3H3,(H,23,26). The lowest BCUT2D eigenvalue weighted by molar-refractivity contribution is -0.128. The third-order valence-electron chi connectivity index (χ3n) is 5.18. The molecular weight excluding hydrogens is 344 g/mol. The number of carbonyl (C=O) groups excluding carboxylic acids is 2. The van der Waals surface area contributed by atoms with Crippen molar-refractivity contribution < 1.29 is 14.3 Å². The number of amides is 3. The van der Waals surface area contributed by atoms with Crippen molar-refractivity contribution in [2.75, 3.05) is 0 Å². The van der Waals surface area contributed by atoms with Gasteiger partial charge in [-0.3, -0.25) is 4.79 Å². The number of carbonyl (C=O) groups is 2. The van der Waals surface area contributed by atoms with E-state index in [1.54, 1.807) is 32.9 Å². The van der Waals surface area contributed by atoms with Crippen LogP contribution in [0.2, 0.25) is 0 Å². The fourth-order valence-corrected chi connectivity index (χ4v) is 3.71. The Morgan fingerprint density at radius 3 is 2.33 bits per heavy atom. The van der Waals surface area contributed by atoms with Crippen LogP contribution in [0.3, 0.4) is 0 Å². The second kappa shape index (κ2) is 7.46. The fourth-order valence-electron chi connectivity index (χ4n) is 3.71. The van der Waals surface area contributed by atoms with Crippen molar-refractivity contribution in [3.05, 3.63) is 23.7 Å². The molecule has 1 unspecified atom stereocenters. The Hall–Kier alpha value is -2.15. The molecule has 0 bridgehead atoms. The number of rotatable bonds is 3. The smallest absolute Gasteiger partial charge is 0.329 e. The lowest BCUT2D eigenvalue weighted by Gasteiger charge is -2.22. The molecule has 1 atom stereocenters. The first kappa shape index (κ1) is 19.6. The third-order valence-corrected chi connectivity index (χ3v) is 5.18. The van der Waals surface area contributed by atoms with Gasteiger partial charge >= 0.3 is 6.03 Å². The van der Waals surface area contributed by atoms with Crippen LogP contribution < -0.4 is 11.1 Å². The number of nitrogens with one attached hydrogen (secondary N) is 1. The van der Waals surface area contributed by atoms with Crippen LogP contribution in [-0.2, 0) is 9.53 Å². The van der Waals surface area contributed by atoms with Gasteiger partial charge in [-0.2, -0.15) is 0 Å². The van der Waals surface area contributed by atoms with Crippen molar-refractivity contribution in [1.29, 1.82) is 0 Å². The predicted octanol–water partition coefficient (Wildman–Crippen LogP) is 2.97. The number of imide groups is 1. The first-order valence-corrected chi connectivity index (χ1v) is 9.80. The van der Waals surface area contributed by atoms with Gasteiger partial charge in [-0.25, -0.2) is 14.7 Å². The van der Waals surface area contributed by atoms with Crippen LogP contribution in [-0.4, -0.2) is 40.2 Å². The Morgan fingerprint density at radius 1 is 1.11 bits per heavy atom. The molecule has 7 heteroatoms. The molecule has 3 aliphatic rings. The number of nitrogens with zero attached hydrogens (tertiary/aromatic N) is 2. The van der Waals surface area contributed by atoms with Crippen molar-refractivity contribution in [3.8, 4) is 0 Å². The van der Waals surface area contributed by atoms with Gasteiger partial charge < -0.3 is 15.8 Å². The second-order valence-electron chi connectivity index (χ2n) is 8.46. The molecule has 0 radical (unpaired) electrons. The number of nitrogens with two attached hydrogens (primary N) is 1. The summed E-state index contributed by atoms with van der Waals surface area (Å²) in [6, 6.07) is -0.470. The van der Waals surface area contributed by atoms with Crippen molar-refractivity contribution in [1.82, 2.24) is 10.2 Å². The minimum absolute atomic E-state index is 0.127. The summed E-state index contributed by atoms with van der Waals surface area (Å²) in [5.41, 5.74) is 4.88. The summed E-state index contributed by atoms with van der Waals surface area (Å²) in [6.45, 7) is 5.14. The van der Waals surface area contributed by atoms with E-state index in [4.69, 9.17) is 10.5 Å². The number of hydrogen-bond acceptors (Lipinski definition) is 5. The van der Waals surface area contributed by atoms with Crippen molar-refractivity contribution in [2.45, 2.75) is 82.9 Å². The molecular formula is C20H30N4O3. The van der Waals surface area contributed by atoms with Gasteiger partial charge in [0.25, 0.3) is 5.91 Å². The van der Waals surface area contributed by atoms with Crippen LogP contribution in [0.4, 0.5) is 4.79 Å². The predicted molar refractivity (Wildman–Crippen MR) is 104 cm³/mol. The Labute approximate surface area is 160 Å². The monoisotopic (exact) mass is 374 g/mol. The minimum atomic E-state index is -0.950. The average Bonchev–Trinajstić information content (AvgIpc) is 2.64. The molecule has 3 amide bonds. The molecule has 2 heterocycles. The summed E-state index contributed by atoms with van der Waals surface area (Å²) >= 11 is 0. The van der Waals surface area contributed by atoms with E-state index in [1.807, 2.05) is 0 Å². The van der Waals surface area contributed by atoms with Gasteiger partial charge in [-0.1, -0.05) is 19.3 Å². The average molecular weight is 374 g/mol. The number of allylic oxidation sites excluding steroid dienone is 1. The van der Waals surface area contributed by atoms with Gasteiger partial charge in [-0.05, 0) is 52.5 Å². The molecule has 3 rings (SSSR count). The van der Waals surface area contributed by atoms with Crippen molar-refractivity contribution in [3.63, 3.8) is 0 Å². The maximum Gasteiger partial charge on any atom is 0.329 e. The second-order valence-corrected chi connectivity index (χ2v) is 8.46. The van der Waals surface area contributed by atoms with E-state index >= 15 is 0 Å². The molecule has 2 fully saturated rings. The molecule has 2 aliphatic heterocycles. The summed E-state index contributed by atoms with van der Waals surface area (Å²) in [7, 11) is 0. The molecule has 148 valence electrons. The molecule has 0 spiro atoms. The molecule has 0 aromatic rings. The van der Waals surface area contributed by atoms with E-state index in [0.717, 1.165) is 30.6 Å². The zero-order valence-electron chi connectivity index (χ0n) is 16.5. The highest BCUT2D eigenvalue weighted by molar-refractivity contribution is 6.11. The fraction of sp³-hybridized carbons (Fsp3) is 0.650. The Kier molecular flexibility index (Phi) is 5.42. The van der Waals surface area contributed by atoms with Gasteiger partial charge in [0.2, 0.25) is 5.88 Å². The Morgan fingerprint density at radius 2 is 1.74 bits per heavy atom. The van der Waals surface area contributed by atoms with E-state index in [1.165, 1.54) is 25.5 Å². The molecule has 27 heavy (non-hydrogen) atoms. The van der Waals surface area contributed by atoms with E-state index in [2.05, 4.69) is 10.3 Å². The summed E-state index contributed by atoms with van der Waals surface area (Å²) < 4.78 is 6.13. The SMILES string of the molecule is CC1(N)C=C(OC2CCCCCCC2)N=CC(N2C(=O)NC(C)(C)C2=O)=C1. The number of hydrogen-bond donors (Lipinski definition) is 2. The van der Waals surface area contributed by atoms with Crippen LogP contribution in [0, 0.1) is 0 Å². The van der Waals surface area contributed by atoms with Crippen molar-refractivity contribution >= 4 is 18.2 Å². The topological polar surface area (TPSA) is 97.0 Å². The maximum absolute atomic E-state index is 12.6. The quantitative estimate of drug-likeness (QED) is 0.742. The first-order chi connectivity index (χ1) is 12.7. The van der Waals surface area contributed by atoms with Crippen molar-refractivity contribution in [2.24, 2.45) is 10.7 Å². The summed E-state index contributed by atoms with van der Waals surface area (Å²) in [6.07, 6.45) is 13.1. The van der Waals surface area contributed by atoms with Gasteiger partial charge in [0.1, 0.15) is 11.6 Å². The lowest BCUT2D eigenvalue weighted by Crippen LogP contribution is -2.40. The minimum Gasteiger partial charge on any atom is -0.475 e. The van der Waals surface area contributed by atoms with Crippen LogP contribution in [0.25, 0.3) is 0 Å². The number of aliphatic imine (C=N–C) groups is 1. The van der Waals surface area contributed by atoms with E-state index in [9.17, 15) is 9.59 Å². The lowest BCUT2D eigenvalue weighted by atomic mass is 9.98. The summed E-state index contributed by atoms with van der Waals surface area (Å²) in [5, 5.41) is 2.67. The summed E-state index contributed by atoms with van der Waals surface area (Å²) in [4.78, 5) is 30.4.